The number of rotatable bonds is 8. The Labute approximate surface area is 202 Å². The van der Waals surface area contributed by atoms with Crippen molar-refractivity contribution in [3.8, 4) is 0 Å². The summed E-state index contributed by atoms with van der Waals surface area (Å²) in [5.41, 5.74) is 2.80. The second-order valence-corrected chi connectivity index (χ2v) is 10.6. The molecule has 2 aromatic rings. The monoisotopic (exact) mass is 486 g/mol. The molecule has 9 heteroatoms. The van der Waals surface area contributed by atoms with E-state index in [1.807, 2.05) is 43.0 Å². The van der Waals surface area contributed by atoms with Gasteiger partial charge in [-0.2, -0.15) is 4.31 Å². The van der Waals surface area contributed by atoms with Crippen LogP contribution in [0.15, 0.2) is 53.4 Å². The first-order valence-corrected chi connectivity index (χ1v) is 13.0. The van der Waals surface area contributed by atoms with Gasteiger partial charge in [0.25, 0.3) is 0 Å². The number of sulfonamides is 1. The zero-order valence-corrected chi connectivity index (χ0v) is 21.1. The second-order valence-electron chi connectivity index (χ2n) is 8.68. The van der Waals surface area contributed by atoms with Gasteiger partial charge in [0, 0.05) is 38.9 Å². The Kier molecular flexibility index (Phi) is 8.46. The maximum Gasteiger partial charge on any atom is 0.243 e. The van der Waals surface area contributed by atoms with E-state index in [4.69, 9.17) is 0 Å². The fraction of sp³-hybridized carbons (Fsp3) is 0.440. The normalized spacial score (nSPS) is 16.1. The van der Waals surface area contributed by atoms with Crippen LogP contribution in [0, 0.1) is 6.92 Å². The van der Waals surface area contributed by atoms with Crippen molar-refractivity contribution in [3.63, 3.8) is 0 Å². The summed E-state index contributed by atoms with van der Waals surface area (Å²) in [7, 11) is -1.94. The van der Waals surface area contributed by atoms with Crippen LogP contribution in [0.1, 0.15) is 25.0 Å². The van der Waals surface area contributed by atoms with Gasteiger partial charge >= 0.3 is 0 Å². The van der Waals surface area contributed by atoms with Gasteiger partial charge in [-0.25, -0.2) is 8.42 Å². The van der Waals surface area contributed by atoms with E-state index in [0.29, 0.717) is 26.2 Å². The van der Waals surface area contributed by atoms with E-state index in [1.165, 1.54) is 9.21 Å². The minimum Gasteiger partial charge on any atom is -0.335 e. The first kappa shape index (κ1) is 25.9. The molecule has 1 N–H and O–H groups in total. The topological polar surface area (TPSA) is 90.0 Å². The highest BCUT2D eigenvalue weighted by molar-refractivity contribution is 7.89. The van der Waals surface area contributed by atoms with E-state index < -0.39 is 16.1 Å². The Balaban J connectivity index is 1.53. The number of likely N-dealkylation sites (N-methyl/N-ethyl adjacent to an activating group) is 1. The molecule has 1 aliphatic rings. The van der Waals surface area contributed by atoms with Crippen LogP contribution in [-0.2, 0) is 26.0 Å². The van der Waals surface area contributed by atoms with E-state index in [1.54, 1.807) is 38.2 Å². The van der Waals surface area contributed by atoms with Gasteiger partial charge in [0.1, 0.15) is 0 Å². The molecule has 8 nitrogen and oxygen atoms in total. The summed E-state index contributed by atoms with van der Waals surface area (Å²) < 4.78 is 27.3. The predicted octanol–water partition coefficient (Wildman–Crippen LogP) is 2.35. The van der Waals surface area contributed by atoms with Crippen LogP contribution in [0.25, 0.3) is 0 Å². The summed E-state index contributed by atoms with van der Waals surface area (Å²) in [6, 6.07) is 14.0. The van der Waals surface area contributed by atoms with E-state index in [2.05, 4.69) is 5.32 Å². The quantitative estimate of drug-likeness (QED) is 0.619. The average molecular weight is 487 g/mol. The number of nitrogens with zero attached hydrogens (tertiary/aromatic N) is 3. The van der Waals surface area contributed by atoms with Crippen molar-refractivity contribution in [1.82, 2.24) is 14.1 Å². The molecule has 34 heavy (non-hydrogen) atoms. The summed E-state index contributed by atoms with van der Waals surface area (Å²) in [4.78, 5) is 29.1. The van der Waals surface area contributed by atoms with Gasteiger partial charge in [-0.15, -0.1) is 0 Å². The maximum absolute atomic E-state index is 13.0. The lowest BCUT2D eigenvalue weighted by molar-refractivity contribution is -0.138. The van der Waals surface area contributed by atoms with Gasteiger partial charge in [-0.3, -0.25) is 14.5 Å². The van der Waals surface area contributed by atoms with Crippen LogP contribution < -0.4 is 5.32 Å². The molecule has 0 radical (unpaired) electrons. The Morgan fingerprint density at radius 2 is 1.65 bits per heavy atom. The molecule has 1 heterocycles. The highest BCUT2D eigenvalue weighted by atomic mass is 32.2. The Hall–Kier alpha value is -2.75. The van der Waals surface area contributed by atoms with Gasteiger partial charge in [0.15, 0.2) is 0 Å². The lowest BCUT2D eigenvalue weighted by atomic mass is 10.1. The summed E-state index contributed by atoms with van der Waals surface area (Å²) in [6.45, 7) is 7.20. The number of hydrogen-bond donors (Lipinski definition) is 1. The predicted molar refractivity (Wildman–Crippen MR) is 133 cm³/mol. The molecule has 3 rings (SSSR count). The highest BCUT2D eigenvalue weighted by Gasteiger charge is 2.32. The molecule has 0 spiro atoms. The number of piperazine rings is 1. The summed E-state index contributed by atoms with van der Waals surface area (Å²) in [5.74, 6) is -0.424. The molecule has 0 aliphatic carbocycles. The summed E-state index contributed by atoms with van der Waals surface area (Å²) in [5, 5.41) is 2.89. The fourth-order valence-corrected chi connectivity index (χ4v) is 5.52. The molecule has 1 saturated heterocycles. The Morgan fingerprint density at radius 1 is 1.03 bits per heavy atom. The number of anilines is 1. The molecule has 2 aromatic carbocycles. The third-order valence-electron chi connectivity index (χ3n) is 6.27. The molecular weight excluding hydrogens is 452 g/mol. The second kappa shape index (κ2) is 11.1. The number of aryl methyl sites for hydroxylation is 2. The minimum absolute atomic E-state index is 0.0526. The third-order valence-corrected chi connectivity index (χ3v) is 8.18. The summed E-state index contributed by atoms with van der Waals surface area (Å²) >= 11 is 0. The molecule has 2 amide bonds. The highest BCUT2D eigenvalue weighted by Crippen LogP contribution is 2.19. The van der Waals surface area contributed by atoms with Crippen molar-refractivity contribution in [3.05, 3.63) is 59.7 Å². The SMILES string of the molecule is CCc1ccccc1NC(=O)CN(C)C(=O)C(C)N1CCN(S(=O)(=O)c2ccc(C)cc2)CC1. The summed E-state index contributed by atoms with van der Waals surface area (Å²) in [6.07, 6.45) is 0.799. The van der Waals surface area contributed by atoms with Crippen molar-refractivity contribution in [2.45, 2.75) is 38.1 Å². The lowest BCUT2D eigenvalue weighted by Gasteiger charge is -2.37. The number of carbonyl (C=O) groups excluding carboxylic acids is 2. The van der Waals surface area contributed by atoms with Gasteiger partial charge in [-0.05, 0) is 44.0 Å². The first-order chi connectivity index (χ1) is 16.1. The zero-order valence-electron chi connectivity index (χ0n) is 20.3. The van der Waals surface area contributed by atoms with Crippen LogP contribution in [0.4, 0.5) is 5.69 Å². The number of para-hydroxylation sites is 1. The first-order valence-electron chi connectivity index (χ1n) is 11.6. The van der Waals surface area contributed by atoms with Crippen molar-refractivity contribution < 1.29 is 18.0 Å². The minimum atomic E-state index is -3.56. The van der Waals surface area contributed by atoms with Crippen LogP contribution in [0.3, 0.4) is 0 Å². The van der Waals surface area contributed by atoms with Gasteiger partial charge in [0.2, 0.25) is 21.8 Å². The molecule has 1 fully saturated rings. The van der Waals surface area contributed by atoms with Gasteiger partial charge < -0.3 is 10.2 Å². The Bertz CT molecular complexity index is 1110. The molecule has 0 bridgehead atoms. The number of carbonyl (C=O) groups is 2. The number of amides is 2. The van der Waals surface area contributed by atoms with Crippen molar-refractivity contribution in [2.24, 2.45) is 0 Å². The molecule has 1 atom stereocenters. The number of benzene rings is 2. The van der Waals surface area contributed by atoms with Crippen molar-refractivity contribution in [1.29, 1.82) is 0 Å². The van der Waals surface area contributed by atoms with E-state index in [9.17, 15) is 18.0 Å². The molecular formula is C25H34N4O4S. The molecule has 184 valence electrons. The van der Waals surface area contributed by atoms with Crippen LogP contribution in [0.5, 0.6) is 0 Å². The van der Waals surface area contributed by atoms with Crippen molar-refractivity contribution >= 4 is 27.5 Å². The average Bonchev–Trinajstić information content (AvgIpc) is 2.83. The van der Waals surface area contributed by atoms with Crippen LogP contribution in [0.2, 0.25) is 0 Å². The molecule has 1 unspecified atom stereocenters. The van der Waals surface area contributed by atoms with Crippen LogP contribution >= 0.6 is 0 Å². The largest absolute Gasteiger partial charge is 0.335 e. The zero-order chi connectivity index (χ0) is 24.9. The smallest absolute Gasteiger partial charge is 0.243 e. The van der Waals surface area contributed by atoms with Crippen molar-refractivity contribution in [2.75, 3.05) is 45.1 Å². The molecule has 0 aromatic heterocycles. The molecule has 1 aliphatic heterocycles. The van der Waals surface area contributed by atoms with E-state index >= 15 is 0 Å². The lowest BCUT2D eigenvalue weighted by Crippen LogP contribution is -2.55. The van der Waals surface area contributed by atoms with E-state index in [0.717, 1.165) is 23.2 Å². The van der Waals surface area contributed by atoms with Crippen LogP contribution in [-0.4, -0.2) is 80.2 Å². The number of nitrogens with one attached hydrogen (secondary N) is 1. The van der Waals surface area contributed by atoms with E-state index in [-0.39, 0.29) is 23.3 Å². The standard InChI is InChI=1S/C25H34N4O4S/c1-5-21-8-6-7-9-23(21)26-24(30)18-27(4)25(31)20(3)28-14-16-29(17-15-28)34(32,33)22-12-10-19(2)11-13-22/h6-13,20H,5,14-18H2,1-4H3,(H,26,30). The van der Waals surface area contributed by atoms with Gasteiger partial charge in [0.05, 0.1) is 17.5 Å². The van der Waals surface area contributed by atoms with Gasteiger partial charge in [-0.1, -0.05) is 42.8 Å². The maximum atomic E-state index is 13.0. The Morgan fingerprint density at radius 3 is 2.26 bits per heavy atom. The number of hydrogen-bond acceptors (Lipinski definition) is 5. The fourth-order valence-electron chi connectivity index (χ4n) is 4.10. The third kappa shape index (κ3) is 6.02. The molecule has 0 saturated carbocycles.